The van der Waals surface area contributed by atoms with E-state index in [-0.39, 0.29) is 26.4 Å². The van der Waals surface area contributed by atoms with E-state index in [0.29, 0.717) is 224 Å². The summed E-state index contributed by atoms with van der Waals surface area (Å²) < 4.78 is 140. The third kappa shape index (κ3) is 22.0. The Kier molecular flexibility index (Phi) is 32.0. The highest BCUT2D eigenvalue weighted by molar-refractivity contribution is 5.66. The number of benzene rings is 13. The topological polar surface area (TPSA) is 203 Å². The van der Waals surface area contributed by atoms with Crippen molar-refractivity contribution in [1.82, 2.24) is 0 Å². The van der Waals surface area contributed by atoms with Gasteiger partial charge in [0.1, 0.15) is 153 Å². The summed E-state index contributed by atoms with van der Waals surface area (Å²) in [5.74, 6) is 32.3. The van der Waals surface area contributed by atoms with Gasteiger partial charge >= 0.3 is 0 Å². The number of ether oxygens (including phenoxy) is 22. The summed E-state index contributed by atoms with van der Waals surface area (Å²) in [4.78, 5) is 0. The van der Waals surface area contributed by atoms with Gasteiger partial charge in [0.2, 0.25) is 0 Å². The molecule has 33 rings (SSSR count). The van der Waals surface area contributed by atoms with Gasteiger partial charge < -0.3 is 104 Å². The van der Waals surface area contributed by atoms with Crippen LogP contribution in [-0.4, -0.2) is 154 Å². The molecule has 0 saturated heterocycles. The molecular weight excluding hydrogens is 1770 g/mol. The first kappa shape index (κ1) is 98.2. The standard InChI is InChI=1S/C118H114O22/c1-21-71-23-27-73(28-24-71)31-33-75-49-116(138-36-38-140-118-70-94-46-90-64-106(128-12)86(60-108(90)130-14)42-82-56-98(120-4)78(52-100(82)122-6)40-80-54-104(126-10)84(58-102(80)124-8)44-88-62-112(134-18)92(66-110(88)132-16)48-96(118)68-114(94)136-20)76(34-32-74-29-25-72(22-2)26-30-74)50-115(75)137-35-37-139-117-69-93-45-89-63-105(127-11)85(59-107(89)129-13)41-81-55-97(119-3)77(51-99(81)121-5)39-79-53-103(125-9)83(57-101(79)123-7)43-87-61-111(133-17)91(65-109(87)131-15)47-95(117)67-113(93)135-19/h1-2,23-30,49-70H,35-48H2,3-20H3. The van der Waals surface area contributed by atoms with Gasteiger partial charge in [0.25, 0.3) is 0 Å². The average molecular weight is 1880 g/mol. The number of rotatable bonds is 28. The van der Waals surface area contributed by atoms with Crippen LogP contribution in [0, 0.1) is 48.4 Å². The van der Waals surface area contributed by atoms with Crippen LogP contribution in [0.5, 0.6) is 126 Å². The van der Waals surface area contributed by atoms with Crippen molar-refractivity contribution >= 4 is 0 Å². The van der Waals surface area contributed by atoms with Crippen LogP contribution in [0.25, 0.3) is 0 Å². The van der Waals surface area contributed by atoms with Crippen molar-refractivity contribution in [3.63, 3.8) is 0 Å². The van der Waals surface area contributed by atoms with Crippen LogP contribution in [0.3, 0.4) is 0 Å². The average Bonchev–Trinajstić information content (AvgIpc) is 1.14. The number of methoxy groups -OCH3 is 18. The van der Waals surface area contributed by atoms with Crippen molar-refractivity contribution in [2.75, 3.05) is 154 Å². The van der Waals surface area contributed by atoms with Gasteiger partial charge in [-0.05, 0) is 170 Å². The van der Waals surface area contributed by atoms with Crippen molar-refractivity contribution in [1.29, 1.82) is 0 Å². The Labute approximate surface area is 819 Å². The van der Waals surface area contributed by atoms with Crippen LogP contribution in [0.4, 0.5) is 0 Å². The summed E-state index contributed by atoms with van der Waals surface area (Å²) >= 11 is 0. The third-order valence-corrected chi connectivity index (χ3v) is 25.3. The molecule has 13 aromatic carbocycles. The summed E-state index contributed by atoms with van der Waals surface area (Å²) in [6.45, 7) is 0.0694. The zero-order valence-corrected chi connectivity index (χ0v) is 82.4. The minimum Gasteiger partial charge on any atom is -0.496 e. The zero-order chi connectivity index (χ0) is 98.6. The monoisotopic (exact) mass is 1880 g/mol. The molecule has 0 radical (unpaired) electrons. The van der Waals surface area contributed by atoms with E-state index in [1.54, 1.807) is 128 Å². The molecule has 0 amide bonds. The predicted octanol–water partition coefficient (Wildman–Crippen LogP) is 20.1. The Morgan fingerprint density at radius 1 is 0.157 bits per heavy atom. The summed E-state index contributed by atoms with van der Waals surface area (Å²) in [5, 5.41) is 0. The fraction of sp³-hybridized carbons (Fsp3) is 0.271. The third-order valence-electron chi connectivity index (χ3n) is 25.3. The highest BCUT2D eigenvalue weighted by atomic mass is 16.5. The Morgan fingerprint density at radius 3 is 0.414 bits per heavy atom. The van der Waals surface area contributed by atoms with E-state index in [9.17, 15) is 0 Å². The molecular formula is C118H114O22. The zero-order valence-electron chi connectivity index (χ0n) is 82.4. The molecule has 13 aromatic rings. The Hall–Kier alpha value is -16.3. The summed E-state index contributed by atoms with van der Waals surface area (Å²) in [6.07, 6.45) is 15.5. The van der Waals surface area contributed by atoms with E-state index in [0.717, 1.165) is 111 Å². The van der Waals surface area contributed by atoms with Gasteiger partial charge in [0.05, 0.1) is 139 Å². The maximum absolute atomic E-state index is 7.08. The van der Waals surface area contributed by atoms with Gasteiger partial charge in [-0.15, -0.1) is 12.8 Å². The molecule has 0 N–H and O–H groups in total. The highest BCUT2D eigenvalue weighted by Crippen LogP contribution is 2.48. The summed E-state index contributed by atoms with van der Waals surface area (Å²) in [7, 11) is 29.9. The molecule has 22 nitrogen and oxygen atoms in total. The second-order valence-electron chi connectivity index (χ2n) is 33.3. The van der Waals surface area contributed by atoms with Gasteiger partial charge in [-0.2, -0.15) is 0 Å². The first-order valence-corrected chi connectivity index (χ1v) is 45.5. The maximum atomic E-state index is 7.08. The molecule has 0 spiro atoms. The molecule has 0 aliphatic heterocycles. The molecule has 0 fully saturated rings. The first-order chi connectivity index (χ1) is 68.3. The minimum absolute atomic E-state index is 0.00810. The van der Waals surface area contributed by atoms with Gasteiger partial charge in [0.15, 0.2) is 0 Å². The molecule has 0 atom stereocenters. The van der Waals surface area contributed by atoms with Crippen LogP contribution >= 0.6 is 0 Å². The van der Waals surface area contributed by atoms with Crippen LogP contribution in [0.1, 0.15) is 145 Å². The maximum Gasteiger partial charge on any atom is 0.136 e. The van der Waals surface area contributed by atoms with Crippen LogP contribution in [-0.2, 0) is 64.2 Å². The van der Waals surface area contributed by atoms with E-state index in [2.05, 4.69) is 35.5 Å². The SMILES string of the molecule is C#Cc1ccc(C#Cc2cc(OCCOc3cc4c(OC)cc3Cc3cc(OC)c(cc3OC)Cc3cc(OC)c(cc3OC)Cc3cc(OC)c(cc3OC)Cc3cc(OC)c(cc3OC)C4)c(C#Cc3ccc(C#C)cc3)cc2OCCOc2cc3c(OC)cc2Cc2cc(OC)c(cc2OC)Cc2cc(OC)c(cc2OC)Cc2cc(OC)c(cc2OC)Cc2cc(OC)c(cc2OC)C3)cc1. The Morgan fingerprint density at radius 2 is 0.279 bits per heavy atom. The van der Waals surface area contributed by atoms with Crippen molar-refractivity contribution < 1.29 is 104 Å². The summed E-state index contributed by atoms with van der Waals surface area (Å²) in [5.41, 5.74) is 20.4. The molecule has 20 aliphatic rings. The lowest BCUT2D eigenvalue weighted by molar-refractivity contribution is 0.211. The van der Waals surface area contributed by atoms with E-state index in [1.165, 1.54) is 0 Å². The fourth-order valence-electron chi connectivity index (χ4n) is 18.1. The molecule has 22 heteroatoms. The predicted molar refractivity (Wildman–Crippen MR) is 540 cm³/mol. The largest absolute Gasteiger partial charge is 0.496 e. The van der Waals surface area contributed by atoms with Crippen LogP contribution in [0.15, 0.2) is 182 Å². The van der Waals surface area contributed by atoms with E-state index in [1.807, 2.05) is 182 Å². The molecule has 0 saturated carbocycles. The fourth-order valence-corrected chi connectivity index (χ4v) is 18.1. The molecule has 0 unspecified atom stereocenters. The van der Waals surface area contributed by atoms with Gasteiger partial charge in [-0.1, -0.05) is 35.5 Å². The number of hydrogen-bond donors (Lipinski definition) is 0. The van der Waals surface area contributed by atoms with Crippen molar-refractivity contribution in [3.8, 4) is 175 Å². The smallest absolute Gasteiger partial charge is 0.136 e. The molecule has 140 heavy (non-hydrogen) atoms. The van der Waals surface area contributed by atoms with Crippen molar-refractivity contribution in [2.45, 2.75) is 64.2 Å². The normalized spacial score (nSPS) is 11.8. The van der Waals surface area contributed by atoms with E-state index >= 15 is 0 Å². The van der Waals surface area contributed by atoms with Crippen molar-refractivity contribution in [3.05, 3.63) is 327 Å². The first-order valence-electron chi connectivity index (χ1n) is 45.5. The molecule has 20 aliphatic carbocycles. The van der Waals surface area contributed by atoms with Gasteiger partial charge in [-0.25, -0.2) is 0 Å². The van der Waals surface area contributed by atoms with Crippen molar-refractivity contribution in [2.24, 2.45) is 0 Å². The quantitative estimate of drug-likeness (QED) is 0.0330. The second-order valence-corrected chi connectivity index (χ2v) is 33.3. The highest BCUT2D eigenvalue weighted by Gasteiger charge is 2.29. The lowest BCUT2D eigenvalue weighted by Crippen LogP contribution is -2.13. The second kappa shape index (κ2) is 45.6. The number of terminal acetylenes is 2. The van der Waals surface area contributed by atoms with Gasteiger partial charge in [-0.3, -0.25) is 0 Å². The van der Waals surface area contributed by atoms with Crippen LogP contribution < -0.4 is 104 Å². The minimum atomic E-state index is 0.00810. The Balaban J connectivity index is 0.801. The molecule has 20 bridgehead atoms. The lowest BCUT2D eigenvalue weighted by Gasteiger charge is -2.21. The van der Waals surface area contributed by atoms with E-state index < -0.39 is 0 Å². The lowest BCUT2D eigenvalue weighted by atomic mass is 9.94. The van der Waals surface area contributed by atoms with E-state index in [4.69, 9.17) is 117 Å². The molecule has 0 aromatic heterocycles. The Bertz CT molecular complexity index is 6550. The van der Waals surface area contributed by atoms with Crippen LogP contribution in [0.2, 0.25) is 0 Å². The summed E-state index contributed by atoms with van der Waals surface area (Å²) in [6, 6.07) is 58.6. The number of hydrogen-bond acceptors (Lipinski definition) is 22. The van der Waals surface area contributed by atoms with Gasteiger partial charge in [0, 0.05) is 210 Å². The molecule has 0 heterocycles. The molecule has 718 valence electrons.